The van der Waals surface area contributed by atoms with Gasteiger partial charge in [0.25, 0.3) is 0 Å². The lowest BCUT2D eigenvalue weighted by molar-refractivity contribution is -0.320. The zero-order valence-electron chi connectivity index (χ0n) is 52.1. The summed E-state index contributed by atoms with van der Waals surface area (Å²) in [7, 11) is 8.47. The van der Waals surface area contributed by atoms with Crippen LogP contribution in [-0.2, 0) is 68.4 Å². The fourth-order valence-electron chi connectivity index (χ4n) is 13.7. The first-order chi connectivity index (χ1) is 39.6. The maximum atomic E-state index is 15.6. The lowest BCUT2D eigenvalue weighted by Crippen LogP contribution is -2.61. The first-order valence-electron chi connectivity index (χ1n) is 29.8. The summed E-state index contributed by atoms with van der Waals surface area (Å²) in [4.78, 5) is 66.9. The van der Waals surface area contributed by atoms with Crippen LogP contribution in [0.3, 0.4) is 0 Å². The predicted octanol–water partition coefficient (Wildman–Crippen LogP) is 9.67. The number of aliphatic hydroxyl groups is 1. The molecule has 472 valence electrons. The fraction of sp³-hybridized carbons (Fsp3) is 0.758. The third-order valence-corrected chi connectivity index (χ3v) is 20.5. The van der Waals surface area contributed by atoms with Crippen LogP contribution in [0.5, 0.6) is 11.5 Å². The number of fused-ring (bicyclic) bond motifs is 1. The number of anilines is 1. The lowest BCUT2D eigenvalue weighted by atomic mass is 9.70. The van der Waals surface area contributed by atoms with Crippen LogP contribution in [0, 0.1) is 29.6 Å². The zero-order chi connectivity index (χ0) is 61.7. The molecular formula is C62H93Cl2N3O16S. The molecule has 0 radical (unpaired) electrons. The summed E-state index contributed by atoms with van der Waals surface area (Å²) >= 11 is 14.9. The highest BCUT2D eigenvalue weighted by Gasteiger charge is 2.62. The van der Waals surface area contributed by atoms with E-state index in [1.807, 2.05) is 78.7 Å². The Morgan fingerprint density at radius 3 is 2.14 bits per heavy atom. The molecule has 1 N–H and O–H groups in total. The average Bonchev–Trinajstić information content (AvgIpc) is 1.92. The van der Waals surface area contributed by atoms with Crippen LogP contribution in [0.25, 0.3) is 0 Å². The SMILES string of the molecule is CC[C@H]1OC(=O)[C@H](C)[C@@H](O[C@H]2C[C@@](C)(OC)[C@@H](O)[C@H](C)O2)[C@H](C)[C@@H](O[C@@H]2O[C@H](C)C[C@H](N(C)C)[C@H]2OC(C)=O)[C@](C)(OC)C[C@@H](C)C(=O)[C@H](C)[C@H]2C(SCCN(Cc3c(Cl)cncc3Cl)c3ccc(OC)c(OC4CCCC4)c3)C(=O)O[C@@]21C. The zero-order valence-corrected chi connectivity index (χ0v) is 54.4. The molecule has 5 heterocycles. The Morgan fingerprint density at radius 1 is 0.869 bits per heavy atom. The Kier molecular flexibility index (Phi) is 23.3. The third kappa shape index (κ3) is 14.9. The highest BCUT2D eigenvalue weighted by Crippen LogP contribution is 2.50. The molecule has 2 aromatic rings. The minimum absolute atomic E-state index is 0.0597. The summed E-state index contributed by atoms with van der Waals surface area (Å²) < 4.78 is 71.2. The van der Waals surface area contributed by atoms with Gasteiger partial charge in [0.1, 0.15) is 23.2 Å². The molecule has 1 saturated carbocycles. The number of rotatable bonds is 19. The number of Topliss-reactive ketones (excluding diaryl/α,β-unsaturated/α-hetero) is 1. The highest BCUT2D eigenvalue weighted by molar-refractivity contribution is 8.00. The normalized spacial score (nSPS) is 37.3. The fourth-order valence-corrected chi connectivity index (χ4v) is 15.7. The molecule has 0 amide bonds. The summed E-state index contributed by atoms with van der Waals surface area (Å²) in [5.41, 5.74) is -2.47. The number of carbonyl (C=O) groups is 4. The standard InChI is InChI=1S/C62H93Cl2N3O16S/c1-17-48-62(11)50(54(58(72)83-62)84-25-24-67(32-42-43(63)30-65-31-44(42)64)40-22-23-46(73-14)47(27-40)79-41-20-18-19-21-41)35(4)51(69)33(2)28-61(10,75-16)56(82-59-53(78-39(8)68)45(66(12)13)26-34(3)76-59)36(5)52(37(6)57(71)80-48)81-49-29-60(9,74-15)55(70)38(7)77-49/h22-23,27,30-31,33-38,41,45,48-50,52-56,59,70H,17-21,24-26,28-29,32H2,1-16H3/t33-,34-,35-,36+,37-,38+,45+,48-,49+,50+,52+,53-,54?,55+,56-,59+,60-,61-,62-/m1/s1. The molecule has 1 unspecified atom stereocenters. The van der Waals surface area contributed by atoms with Crippen LogP contribution in [0.15, 0.2) is 30.6 Å². The number of pyridine rings is 1. The number of hydrogen-bond donors (Lipinski definition) is 1. The Hall–Kier alpha value is -3.54. The quantitative estimate of drug-likeness (QED) is 0.102. The van der Waals surface area contributed by atoms with Gasteiger partial charge in [0, 0.05) is 99.8 Å². The number of esters is 3. The molecule has 0 spiro atoms. The number of aromatic nitrogens is 1. The lowest BCUT2D eigenvalue weighted by Gasteiger charge is -2.50. The Bertz CT molecular complexity index is 2560. The van der Waals surface area contributed by atoms with E-state index in [-0.39, 0.29) is 49.8 Å². The molecule has 1 aromatic carbocycles. The molecule has 22 heteroatoms. The largest absolute Gasteiger partial charge is 0.493 e. The van der Waals surface area contributed by atoms with Crippen LogP contribution in [0.4, 0.5) is 5.69 Å². The van der Waals surface area contributed by atoms with Gasteiger partial charge in [0.05, 0.1) is 70.8 Å². The number of thioether (sulfide) groups is 1. The number of carbonyl (C=O) groups excluding carboxylic acids is 4. The van der Waals surface area contributed by atoms with Gasteiger partial charge in [-0.05, 0) is 113 Å². The van der Waals surface area contributed by atoms with Gasteiger partial charge in [-0.25, -0.2) is 0 Å². The van der Waals surface area contributed by atoms with Crippen LogP contribution in [0.2, 0.25) is 10.0 Å². The molecule has 5 aliphatic rings. The molecule has 0 bridgehead atoms. The number of halogens is 2. The smallest absolute Gasteiger partial charge is 0.320 e. The van der Waals surface area contributed by atoms with E-state index in [2.05, 4.69) is 9.88 Å². The van der Waals surface area contributed by atoms with Gasteiger partial charge in [-0.1, -0.05) is 50.9 Å². The second-order valence-electron chi connectivity index (χ2n) is 24.8. The molecule has 4 aliphatic heterocycles. The number of likely N-dealkylation sites (N-methyl/N-ethyl adjacent to an activating group) is 1. The predicted molar refractivity (Wildman–Crippen MR) is 319 cm³/mol. The monoisotopic (exact) mass is 1240 g/mol. The molecule has 7 rings (SSSR count). The molecule has 1 aromatic heterocycles. The van der Waals surface area contributed by atoms with Crippen LogP contribution < -0.4 is 14.4 Å². The summed E-state index contributed by atoms with van der Waals surface area (Å²) in [6.45, 7) is 20.2. The summed E-state index contributed by atoms with van der Waals surface area (Å²) in [5, 5.41) is 11.2. The van der Waals surface area contributed by atoms with Gasteiger partial charge in [-0.3, -0.25) is 24.2 Å². The molecule has 84 heavy (non-hydrogen) atoms. The number of ketones is 1. The summed E-state index contributed by atoms with van der Waals surface area (Å²) in [6, 6.07) is 5.46. The van der Waals surface area contributed by atoms with E-state index in [9.17, 15) is 14.7 Å². The Labute approximate surface area is 511 Å². The number of ether oxygens (including phenoxy) is 11. The van der Waals surface area contributed by atoms with Gasteiger partial charge in [0.2, 0.25) is 0 Å². The van der Waals surface area contributed by atoms with Crippen molar-refractivity contribution in [2.45, 2.75) is 224 Å². The maximum Gasteiger partial charge on any atom is 0.320 e. The van der Waals surface area contributed by atoms with E-state index in [1.54, 1.807) is 54.3 Å². The van der Waals surface area contributed by atoms with Crippen molar-refractivity contribution in [2.75, 3.05) is 52.6 Å². The van der Waals surface area contributed by atoms with E-state index < -0.39 is 119 Å². The minimum Gasteiger partial charge on any atom is -0.493 e. The Balaban J connectivity index is 1.28. The van der Waals surface area contributed by atoms with Crippen molar-refractivity contribution in [3.05, 3.63) is 46.2 Å². The van der Waals surface area contributed by atoms with Gasteiger partial charge in [0.15, 0.2) is 35.8 Å². The molecule has 4 saturated heterocycles. The van der Waals surface area contributed by atoms with E-state index in [1.165, 1.54) is 25.8 Å². The maximum absolute atomic E-state index is 15.6. The van der Waals surface area contributed by atoms with Gasteiger partial charge >= 0.3 is 17.9 Å². The van der Waals surface area contributed by atoms with E-state index in [4.69, 9.17) is 75.3 Å². The van der Waals surface area contributed by atoms with Crippen molar-refractivity contribution >= 4 is 64.3 Å². The topological polar surface area (TPSA) is 209 Å². The van der Waals surface area contributed by atoms with Crippen molar-refractivity contribution < 1.29 is 76.4 Å². The van der Waals surface area contributed by atoms with Crippen molar-refractivity contribution in [1.29, 1.82) is 0 Å². The van der Waals surface area contributed by atoms with E-state index in [0.29, 0.717) is 45.8 Å². The summed E-state index contributed by atoms with van der Waals surface area (Å²) in [6.07, 6.45) is -0.121. The third-order valence-electron chi connectivity index (χ3n) is 18.6. The highest BCUT2D eigenvalue weighted by atomic mass is 35.5. The summed E-state index contributed by atoms with van der Waals surface area (Å²) in [5.74, 6) is -4.54. The van der Waals surface area contributed by atoms with Crippen molar-refractivity contribution in [2.24, 2.45) is 29.6 Å². The molecule has 19 nitrogen and oxygen atoms in total. The number of aliphatic hydroxyl groups excluding tert-OH is 1. The molecule has 5 fully saturated rings. The number of cyclic esters (lactones) is 1. The average molecular weight is 1240 g/mol. The first-order valence-corrected chi connectivity index (χ1v) is 31.6. The molecule has 1 aliphatic carbocycles. The molecule has 19 atom stereocenters. The first kappa shape index (κ1) is 68.0. The van der Waals surface area contributed by atoms with E-state index >= 15 is 9.59 Å². The van der Waals surface area contributed by atoms with Crippen molar-refractivity contribution in [1.82, 2.24) is 9.88 Å². The van der Waals surface area contributed by atoms with E-state index in [0.717, 1.165) is 31.4 Å². The second-order valence-corrected chi connectivity index (χ2v) is 26.9. The van der Waals surface area contributed by atoms with Gasteiger partial charge < -0.3 is 67.0 Å². The van der Waals surface area contributed by atoms with Crippen molar-refractivity contribution in [3.63, 3.8) is 0 Å². The van der Waals surface area contributed by atoms with Crippen LogP contribution >= 0.6 is 35.0 Å². The number of nitrogens with zero attached hydrogens (tertiary/aromatic N) is 3. The van der Waals surface area contributed by atoms with Crippen LogP contribution in [-0.4, -0.2) is 176 Å². The minimum atomic E-state index is -1.49. The van der Waals surface area contributed by atoms with Crippen LogP contribution in [0.1, 0.15) is 133 Å². The Morgan fingerprint density at radius 2 is 1.54 bits per heavy atom. The number of benzene rings is 1. The van der Waals surface area contributed by atoms with Gasteiger partial charge in [-0.15, -0.1) is 11.8 Å². The number of hydrogen-bond acceptors (Lipinski definition) is 20. The number of methoxy groups -OCH3 is 3. The van der Waals surface area contributed by atoms with Crippen molar-refractivity contribution in [3.8, 4) is 11.5 Å². The second kappa shape index (κ2) is 28.7. The molecular weight excluding hydrogens is 1150 g/mol. The van der Waals surface area contributed by atoms with Gasteiger partial charge in [-0.2, -0.15) is 0 Å².